The maximum absolute atomic E-state index is 5.71. The van der Waals surface area contributed by atoms with E-state index >= 15 is 0 Å². The highest BCUT2D eigenvalue weighted by atomic mass is 16.5. The summed E-state index contributed by atoms with van der Waals surface area (Å²) >= 11 is 0. The Morgan fingerprint density at radius 2 is 1.90 bits per heavy atom. The van der Waals surface area contributed by atoms with Gasteiger partial charge in [-0.05, 0) is 36.1 Å². The van der Waals surface area contributed by atoms with Gasteiger partial charge in [0.1, 0.15) is 5.75 Å². The minimum atomic E-state index is 0.0857. The van der Waals surface area contributed by atoms with Gasteiger partial charge < -0.3 is 4.74 Å². The summed E-state index contributed by atoms with van der Waals surface area (Å²) in [5.74, 6) is 6.61. The fourth-order valence-corrected chi connectivity index (χ4v) is 2.16. The highest BCUT2D eigenvalue weighted by Crippen LogP contribution is 2.22. The number of nitrogens with two attached hydrogens (primary N) is 1. The normalized spacial score (nSPS) is 12.1. The van der Waals surface area contributed by atoms with Crippen molar-refractivity contribution in [2.24, 2.45) is 5.84 Å². The van der Waals surface area contributed by atoms with Crippen LogP contribution in [0.2, 0.25) is 0 Å². The number of rotatable bonds is 7. The maximum atomic E-state index is 5.71. The lowest BCUT2D eigenvalue weighted by Gasteiger charge is -2.17. The van der Waals surface area contributed by atoms with E-state index in [1.807, 2.05) is 30.3 Å². The SMILES string of the molecule is CCCOc1cccc(C(Cc2ccccc2)NN)c1. The summed E-state index contributed by atoms with van der Waals surface area (Å²) < 4.78 is 5.67. The predicted molar refractivity (Wildman–Crippen MR) is 82.4 cm³/mol. The molecule has 20 heavy (non-hydrogen) atoms. The second kappa shape index (κ2) is 7.68. The molecule has 3 nitrogen and oxygen atoms in total. The van der Waals surface area contributed by atoms with Gasteiger partial charge in [-0.25, -0.2) is 0 Å². The Morgan fingerprint density at radius 1 is 1.10 bits per heavy atom. The second-order valence-corrected chi connectivity index (χ2v) is 4.83. The van der Waals surface area contributed by atoms with Crippen molar-refractivity contribution in [3.63, 3.8) is 0 Å². The number of hydrogen-bond acceptors (Lipinski definition) is 3. The monoisotopic (exact) mass is 270 g/mol. The number of hydrazine groups is 1. The number of nitrogens with one attached hydrogen (secondary N) is 1. The average Bonchev–Trinajstić information content (AvgIpc) is 2.52. The number of ether oxygens (including phenoxy) is 1. The zero-order valence-electron chi connectivity index (χ0n) is 11.9. The lowest BCUT2D eigenvalue weighted by molar-refractivity contribution is 0.316. The van der Waals surface area contributed by atoms with Gasteiger partial charge in [0.05, 0.1) is 12.6 Å². The van der Waals surface area contributed by atoms with Crippen LogP contribution in [-0.4, -0.2) is 6.61 Å². The van der Waals surface area contributed by atoms with Gasteiger partial charge in [-0.1, -0.05) is 49.4 Å². The van der Waals surface area contributed by atoms with E-state index in [1.165, 1.54) is 5.56 Å². The molecule has 106 valence electrons. The standard InChI is InChI=1S/C17H22N2O/c1-2-11-20-16-10-6-9-15(13-16)17(19-18)12-14-7-4-3-5-8-14/h3-10,13,17,19H,2,11-12,18H2,1H3. The second-order valence-electron chi connectivity index (χ2n) is 4.83. The fourth-order valence-electron chi connectivity index (χ4n) is 2.16. The Balaban J connectivity index is 2.10. The van der Waals surface area contributed by atoms with Crippen molar-refractivity contribution in [3.8, 4) is 5.75 Å². The van der Waals surface area contributed by atoms with Gasteiger partial charge in [0.15, 0.2) is 0 Å². The summed E-state index contributed by atoms with van der Waals surface area (Å²) in [4.78, 5) is 0. The summed E-state index contributed by atoms with van der Waals surface area (Å²) in [5, 5.41) is 0. The van der Waals surface area contributed by atoms with Gasteiger partial charge in [0, 0.05) is 0 Å². The molecule has 1 atom stereocenters. The lowest BCUT2D eigenvalue weighted by atomic mass is 9.99. The van der Waals surface area contributed by atoms with Crippen LogP contribution in [0.25, 0.3) is 0 Å². The van der Waals surface area contributed by atoms with E-state index in [4.69, 9.17) is 10.6 Å². The summed E-state index contributed by atoms with van der Waals surface area (Å²) in [7, 11) is 0. The molecule has 0 spiro atoms. The van der Waals surface area contributed by atoms with Crippen LogP contribution in [0, 0.1) is 0 Å². The molecule has 0 saturated carbocycles. The van der Waals surface area contributed by atoms with E-state index in [9.17, 15) is 0 Å². The summed E-state index contributed by atoms with van der Waals surface area (Å²) in [5.41, 5.74) is 5.30. The van der Waals surface area contributed by atoms with E-state index in [0.29, 0.717) is 0 Å². The summed E-state index contributed by atoms with van der Waals surface area (Å²) in [6.45, 7) is 2.84. The van der Waals surface area contributed by atoms with Crippen molar-refractivity contribution in [1.29, 1.82) is 0 Å². The van der Waals surface area contributed by atoms with Crippen LogP contribution < -0.4 is 16.0 Å². The molecule has 2 aromatic rings. The van der Waals surface area contributed by atoms with Gasteiger partial charge in [-0.2, -0.15) is 0 Å². The molecule has 0 saturated heterocycles. The van der Waals surface area contributed by atoms with Gasteiger partial charge in [0.2, 0.25) is 0 Å². The molecule has 2 rings (SSSR count). The maximum Gasteiger partial charge on any atom is 0.119 e. The first kappa shape index (κ1) is 14.6. The molecular formula is C17H22N2O. The Morgan fingerprint density at radius 3 is 2.60 bits per heavy atom. The van der Waals surface area contributed by atoms with Gasteiger partial charge in [0.25, 0.3) is 0 Å². The molecular weight excluding hydrogens is 248 g/mol. The molecule has 3 heteroatoms. The van der Waals surface area contributed by atoms with Crippen LogP contribution in [0.4, 0.5) is 0 Å². The van der Waals surface area contributed by atoms with Crippen LogP contribution >= 0.6 is 0 Å². The molecule has 0 fully saturated rings. The van der Waals surface area contributed by atoms with Gasteiger partial charge in [-0.15, -0.1) is 0 Å². The molecule has 0 bridgehead atoms. The molecule has 0 radical (unpaired) electrons. The minimum absolute atomic E-state index is 0.0857. The zero-order chi connectivity index (χ0) is 14.2. The van der Waals surface area contributed by atoms with Crippen LogP contribution in [0.5, 0.6) is 5.75 Å². The summed E-state index contributed by atoms with van der Waals surface area (Å²) in [6.07, 6.45) is 1.86. The molecule has 0 amide bonds. The van der Waals surface area contributed by atoms with Crippen molar-refractivity contribution < 1.29 is 4.74 Å². The number of benzene rings is 2. The number of hydrogen-bond donors (Lipinski definition) is 2. The van der Waals surface area contributed by atoms with Crippen LogP contribution in [0.15, 0.2) is 54.6 Å². The van der Waals surface area contributed by atoms with Crippen molar-refractivity contribution in [2.45, 2.75) is 25.8 Å². The van der Waals surface area contributed by atoms with E-state index in [1.54, 1.807) is 0 Å². The third-order valence-corrected chi connectivity index (χ3v) is 3.22. The van der Waals surface area contributed by atoms with Crippen LogP contribution in [0.1, 0.15) is 30.5 Å². The molecule has 3 N–H and O–H groups in total. The average molecular weight is 270 g/mol. The first-order valence-corrected chi connectivity index (χ1v) is 7.06. The van der Waals surface area contributed by atoms with Crippen LogP contribution in [0.3, 0.4) is 0 Å². The van der Waals surface area contributed by atoms with Crippen LogP contribution in [-0.2, 0) is 6.42 Å². The van der Waals surface area contributed by atoms with E-state index in [2.05, 4.69) is 36.6 Å². The molecule has 0 aliphatic heterocycles. The lowest BCUT2D eigenvalue weighted by Crippen LogP contribution is -2.29. The Kier molecular flexibility index (Phi) is 5.59. The molecule has 0 aliphatic rings. The topological polar surface area (TPSA) is 47.3 Å². The Hall–Kier alpha value is -1.84. The Labute approximate surface area is 120 Å². The van der Waals surface area contributed by atoms with Crippen molar-refractivity contribution in [3.05, 3.63) is 65.7 Å². The van der Waals surface area contributed by atoms with Crippen molar-refractivity contribution in [2.75, 3.05) is 6.61 Å². The van der Waals surface area contributed by atoms with Crippen molar-refractivity contribution in [1.82, 2.24) is 5.43 Å². The third-order valence-electron chi connectivity index (χ3n) is 3.22. The van der Waals surface area contributed by atoms with Crippen molar-refractivity contribution >= 4 is 0 Å². The minimum Gasteiger partial charge on any atom is -0.494 e. The first-order valence-electron chi connectivity index (χ1n) is 7.06. The molecule has 0 aromatic heterocycles. The zero-order valence-corrected chi connectivity index (χ0v) is 11.9. The Bertz CT molecular complexity index is 513. The fraction of sp³-hybridized carbons (Fsp3) is 0.294. The third kappa shape index (κ3) is 4.08. The molecule has 0 heterocycles. The summed E-state index contributed by atoms with van der Waals surface area (Å²) in [6, 6.07) is 18.5. The quantitative estimate of drug-likeness (QED) is 0.600. The van der Waals surface area contributed by atoms with Gasteiger partial charge in [-0.3, -0.25) is 11.3 Å². The first-order chi connectivity index (χ1) is 9.83. The largest absolute Gasteiger partial charge is 0.494 e. The molecule has 2 aromatic carbocycles. The highest BCUT2D eigenvalue weighted by Gasteiger charge is 2.11. The van der Waals surface area contributed by atoms with E-state index in [0.717, 1.165) is 30.8 Å². The smallest absolute Gasteiger partial charge is 0.119 e. The molecule has 1 unspecified atom stereocenters. The predicted octanol–water partition coefficient (Wildman–Crippen LogP) is 3.22. The van der Waals surface area contributed by atoms with Gasteiger partial charge >= 0.3 is 0 Å². The highest BCUT2D eigenvalue weighted by molar-refractivity contribution is 5.32. The van der Waals surface area contributed by atoms with E-state index < -0.39 is 0 Å². The molecule has 0 aliphatic carbocycles. The van der Waals surface area contributed by atoms with E-state index in [-0.39, 0.29) is 6.04 Å².